The average molecular weight is 187 g/mol. The van der Waals surface area contributed by atoms with E-state index in [0.717, 1.165) is 17.7 Å². The minimum atomic E-state index is 0.982. The third kappa shape index (κ3) is 1.92. The molecule has 0 aliphatic rings. The van der Waals surface area contributed by atoms with Crippen LogP contribution in [0, 0.1) is 6.92 Å². The molecule has 1 heteroatoms. The van der Waals surface area contributed by atoms with Crippen molar-refractivity contribution in [1.82, 2.24) is 0 Å². The van der Waals surface area contributed by atoms with Crippen molar-refractivity contribution in [2.24, 2.45) is 4.99 Å². The number of aryl methyl sites for hydroxylation is 2. The van der Waals surface area contributed by atoms with Crippen molar-refractivity contribution >= 4 is 18.0 Å². The first-order chi connectivity index (χ1) is 6.60. The molecule has 0 atom stereocenters. The van der Waals surface area contributed by atoms with Crippen molar-refractivity contribution in [3.05, 3.63) is 35.4 Å². The minimum Gasteiger partial charge on any atom is -0.264 e. The van der Waals surface area contributed by atoms with Crippen molar-refractivity contribution in [3.8, 4) is 0 Å². The normalized spacial score (nSPS) is 9.93. The van der Waals surface area contributed by atoms with E-state index in [2.05, 4.69) is 44.3 Å². The molecule has 1 aromatic rings. The fourth-order valence-corrected chi connectivity index (χ4v) is 1.59. The third-order valence-electron chi connectivity index (χ3n) is 2.41. The molecular formula is C13H17N. The van der Waals surface area contributed by atoms with E-state index < -0.39 is 0 Å². The number of aliphatic imine (C=N–C) groups is 1. The van der Waals surface area contributed by atoms with Gasteiger partial charge in [0.2, 0.25) is 0 Å². The first-order valence-electron chi connectivity index (χ1n) is 4.86. The second-order valence-corrected chi connectivity index (χ2v) is 3.59. The van der Waals surface area contributed by atoms with E-state index in [9.17, 15) is 0 Å². The van der Waals surface area contributed by atoms with Crippen LogP contribution in [0.3, 0.4) is 0 Å². The van der Waals surface area contributed by atoms with Crippen molar-refractivity contribution in [2.45, 2.75) is 27.2 Å². The number of benzene rings is 1. The number of rotatable bonds is 3. The van der Waals surface area contributed by atoms with Gasteiger partial charge in [-0.15, -0.1) is 0 Å². The summed E-state index contributed by atoms with van der Waals surface area (Å²) in [5.41, 5.74) is 5.75. The van der Waals surface area contributed by atoms with Crippen LogP contribution in [0.15, 0.2) is 23.7 Å². The van der Waals surface area contributed by atoms with Crippen LogP contribution in [0.2, 0.25) is 0 Å². The summed E-state index contributed by atoms with van der Waals surface area (Å²) in [7, 11) is 0. The molecule has 0 unspecified atom stereocenters. The second kappa shape index (κ2) is 4.23. The maximum atomic E-state index is 4.06. The van der Waals surface area contributed by atoms with Gasteiger partial charge in [-0.1, -0.05) is 19.1 Å². The van der Waals surface area contributed by atoms with Gasteiger partial charge in [-0.2, -0.15) is 0 Å². The van der Waals surface area contributed by atoms with Crippen LogP contribution in [-0.4, -0.2) is 6.72 Å². The Morgan fingerprint density at radius 2 is 2.07 bits per heavy atom. The Morgan fingerprint density at radius 3 is 2.50 bits per heavy atom. The molecule has 0 N–H and O–H groups in total. The SMILES string of the molecule is C=Nc1c(C)cc(C(=C)C)cc1CC. The molecule has 0 heterocycles. The molecule has 0 radical (unpaired) electrons. The molecule has 0 saturated carbocycles. The lowest BCUT2D eigenvalue weighted by molar-refractivity contribution is 1.12. The molecule has 1 rings (SSSR count). The van der Waals surface area contributed by atoms with Crippen LogP contribution in [0.1, 0.15) is 30.5 Å². The molecule has 1 aromatic carbocycles. The summed E-state index contributed by atoms with van der Waals surface area (Å²) in [4.78, 5) is 4.06. The van der Waals surface area contributed by atoms with E-state index >= 15 is 0 Å². The van der Waals surface area contributed by atoms with Gasteiger partial charge in [-0.05, 0) is 55.8 Å². The molecule has 0 spiro atoms. The molecule has 0 bridgehead atoms. The van der Waals surface area contributed by atoms with Gasteiger partial charge in [0, 0.05) is 0 Å². The first kappa shape index (κ1) is 10.7. The number of allylic oxidation sites excluding steroid dienone is 1. The fraction of sp³-hybridized carbons (Fsp3) is 0.308. The Labute approximate surface area is 86.2 Å². The van der Waals surface area contributed by atoms with Crippen LogP contribution in [0.25, 0.3) is 5.57 Å². The van der Waals surface area contributed by atoms with Gasteiger partial charge in [0.15, 0.2) is 0 Å². The van der Waals surface area contributed by atoms with Crippen LogP contribution in [-0.2, 0) is 6.42 Å². The Balaban J connectivity index is 3.38. The summed E-state index contributed by atoms with van der Waals surface area (Å²) < 4.78 is 0. The van der Waals surface area contributed by atoms with Gasteiger partial charge >= 0.3 is 0 Å². The van der Waals surface area contributed by atoms with Crippen molar-refractivity contribution in [3.63, 3.8) is 0 Å². The van der Waals surface area contributed by atoms with E-state index in [1.165, 1.54) is 16.7 Å². The zero-order valence-electron chi connectivity index (χ0n) is 9.22. The molecule has 74 valence electrons. The Bertz CT molecular complexity index is 375. The fourth-order valence-electron chi connectivity index (χ4n) is 1.59. The lowest BCUT2D eigenvalue weighted by Gasteiger charge is -2.10. The zero-order chi connectivity index (χ0) is 10.7. The Hall–Kier alpha value is -1.37. The van der Waals surface area contributed by atoms with Crippen molar-refractivity contribution in [1.29, 1.82) is 0 Å². The Morgan fingerprint density at radius 1 is 1.43 bits per heavy atom. The largest absolute Gasteiger partial charge is 0.264 e. The molecule has 0 amide bonds. The van der Waals surface area contributed by atoms with Crippen LogP contribution in [0.5, 0.6) is 0 Å². The lowest BCUT2D eigenvalue weighted by Crippen LogP contribution is -1.89. The van der Waals surface area contributed by atoms with E-state index in [4.69, 9.17) is 0 Å². The average Bonchev–Trinajstić information content (AvgIpc) is 2.16. The summed E-state index contributed by atoms with van der Waals surface area (Å²) >= 11 is 0. The molecule has 0 saturated heterocycles. The van der Waals surface area contributed by atoms with E-state index in [1.54, 1.807) is 0 Å². The standard InChI is InChI=1S/C13H17N/c1-6-11-8-12(9(2)3)7-10(4)13(11)14-5/h7-8H,2,5-6H2,1,3-4H3. The topological polar surface area (TPSA) is 12.4 Å². The molecule has 0 fully saturated rings. The highest BCUT2D eigenvalue weighted by molar-refractivity contribution is 5.68. The van der Waals surface area contributed by atoms with Gasteiger partial charge in [-0.25, -0.2) is 0 Å². The van der Waals surface area contributed by atoms with Crippen LogP contribution in [0.4, 0.5) is 5.69 Å². The lowest BCUT2D eigenvalue weighted by atomic mass is 9.98. The highest BCUT2D eigenvalue weighted by Gasteiger charge is 2.05. The van der Waals surface area contributed by atoms with Crippen molar-refractivity contribution < 1.29 is 0 Å². The molecular weight excluding hydrogens is 170 g/mol. The van der Waals surface area contributed by atoms with Gasteiger partial charge in [0.25, 0.3) is 0 Å². The minimum absolute atomic E-state index is 0.982. The monoisotopic (exact) mass is 187 g/mol. The summed E-state index contributed by atoms with van der Waals surface area (Å²) in [6, 6.07) is 4.27. The second-order valence-electron chi connectivity index (χ2n) is 3.59. The van der Waals surface area contributed by atoms with E-state index in [0.29, 0.717) is 0 Å². The molecule has 0 aromatic heterocycles. The maximum Gasteiger partial charge on any atom is 0.0683 e. The van der Waals surface area contributed by atoms with Gasteiger partial charge in [-0.3, -0.25) is 4.99 Å². The molecule has 14 heavy (non-hydrogen) atoms. The molecule has 0 aliphatic carbocycles. The molecule has 1 nitrogen and oxygen atoms in total. The number of hydrogen-bond acceptors (Lipinski definition) is 1. The predicted octanol–water partition coefficient (Wildman–Crippen LogP) is 3.92. The van der Waals surface area contributed by atoms with Crippen molar-refractivity contribution in [2.75, 3.05) is 0 Å². The summed E-state index contributed by atoms with van der Waals surface area (Å²) in [5.74, 6) is 0. The highest BCUT2D eigenvalue weighted by Crippen LogP contribution is 2.28. The highest BCUT2D eigenvalue weighted by atomic mass is 14.7. The molecule has 0 aliphatic heterocycles. The quantitative estimate of drug-likeness (QED) is 0.636. The maximum absolute atomic E-state index is 4.06. The van der Waals surface area contributed by atoms with Crippen LogP contribution >= 0.6 is 0 Å². The summed E-state index contributed by atoms with van der Waals surface area (Å²) in [6.45, 7) is 13.8. The summed E-state index contributed by atoms with van der Waals surface area (Å²) in [6.07, 6.45) is 0.982. The van der Waals surface area contributed by atoms with E-state index in [-0.39, 0.29) is 0 Å². The third-order valence-corrected chi connectivity index (χ3v) is 2.41. The zero-order valence-corrected chi connectivity index (χ0v) is 9.22. The Kier molecular flexibility index (Phi) is 3.23. The van der Waals surface area contributed by atoms with Gasteiger partial charge in [0.1, 0.15) is 0 Å². The predicted molar refractivity (Wildman–Crippen MR) is 64.5 cm³/mol. The smallest absolute Gasteiger partial charge is 0.0683 e. The van der Waals surface area contributed by atoms with Gasteiger partial charge < -0.3 is 0 Å². The number of hydrogen-bond donors (Lipinski definition) is 0. The van der Waals surface area contributed by atoms with E-state index in [1.807, 2.05) is 6.92 Å². The first-order valence-corrected chi connectivity index (χ1v) is 4.86. The van der Waals surface area contributed by atoms with Gasteiger partial charge in [0.05, 0.1) is 5.69 Å². The van der Waals surface area contributed by atoms with Crippen LogP contribution < -0.4 is 0 Å². The summed E-state index contributed by atoms with van der Waals surface area (Å²) in [5, 5.41) is 0. The number of nitrogens with zero attached hydrogens (tertiary/aromatic N) is 1.